The number of carbonyl (C=O) groups is 3. The second-order valence-electron chi connectivity index (χ2n) is 8.60. The zero-order valence-electron chi connectivity index (χ0n) is 20.1. The molecule has 1 N–H and O–H groups in total. The summed E-state index contributed by atoms with van der Waals surface area (Å²) < 4.78 is 27.4. The van der Waals surface area contributed by atoms with Gasteiger partial charge in [0.25, 0.3) is 15.9 Å². The van der Waals surface area contributed by atoms with Crippen molar-refractivity contribution in [3.63, 3.8) is 0 Å². The first-order chi connectivity index (χ1) is 17.7. The topological polar surface area (TPSA) is 104 Å². The average Bonchev–Trinajstić information content (AvgIpc) is 3.09. The van der Waals surface area contributed by atoms with Crippen LogP contribution in [-0.2, 0) is 32.6 Å². The Kier molecular flexibility index (Phi) is 8.09. The van der Waals surface area contributed by atoms with E-state index in [4.69, 9.17) is 0 Å². The van der Waals surface area contributed by atoms with Crippen LogP contribution in [-0.4, -0.2) is 55.0 Å². The lowest BCUT2D eigenvalue weighted by molar-refractivity contribution is -0.141. The van der Waals surface area contributed by atoms with Crippen LogP contribution >= 0.6 is 15.9 Å². The maximum atomic E-state index is 13.6. The Bertz CT molecular complexity index is 1430. The number of amides is 3. The smallest absolute Gasteiger partial charge is 0.269 e. The Morgan fingerprint density at radius 3 is 2.32 bits per heavy atom. The van der Waals surface area contributed by atoms with Crippen molar-refractivity contribution in [3.05, 3.63) is 100 Å². The first kappa shape index (κ1) is 26.6. The summed E-state index contributed by atoms with van der Waals surface area (Å²) in [5, 5.41) is 2.64. The highest BCUT2D eigenvalue weighted by molar-refractivity contribution is 9.10. The molecule has 0 radical (unpaired) electrons. The zero-order valence-corrected chi connectivity index (χ0v) is 22.5. The molecule has 1 atom stereocenters. The zero-order chi connectivity index (χ0) is 26.6. The van der Waals surface area contributed by atoms with Crippen LogP contribution in [0.15, 0.2) is 88.2 Å². The van der Waals surface area contributed by atoms with Crippen molar-refractivity contribution in [2.75, 3.05) is 13.6 Å². The summed E-state index contributed by atoms with van der Waals surface area (Å²) in [7, 11) is -2.53. The molecule has 1 heterocycles. The lowest BCUT2D eigenvalue weighted by Crippen LogP contribution is -2.50. The van der Waals surface area contributed by atoms with E-state index >= 15 is 0 Å². The maximum absolute atomic E-state index is 13.6. The van der Waals surface area contributed by atoms with Crippen molar-refractivity contribution in [1.29, 1.82) is 0 Å². The van der Waals surface area contributed by atoms with Gasteiger partial charge in [0.15, 0.2) is 0 Å². The fourth-order valence-electron chi connectivity index (χ4n) is 4.35. The summed E-state index contributed by atoms with van der Waals surface area (Å²) in [5.74, 6) is -1.44. The average molecular weight is 584 g/mol. The van der Waals surface area contributed by atoms with E-state index in [2.05, 4.69) is 21.2 Å². The predicted molar refractivity (Wildman–Crippen MR) is 142 cm³/mol. The molecule has 10 heteroatoms. The van der Waals surface area contributed by atoms with Gasteiger partial charge in [-0.05, 0) is 35.4 Å². The molecule has 3 aromatic rings. The van der Waals surface area contributed by atoms with Gasteiger partial charge >= 0.3 is 0 Å². The van der Waals surface area contributed by atoms with Gasteiger partial charge in [0.1, 0.15) is 10.9 Å². The molecule has 8 nitrogen and oxygen atoms in total. The highest BCUT2D eigenvalue weighted by atomic mass is 79.9. The highest BCUT2D eigenvalue weighted by Crippen LogP contribution is 2.30. The van der Waals surface area contributed by atoms with Crippen LogP contribution in [0.25, 0.3) is 0 Å². The molecule has 0 bridgehead atoms. The molecule has 0 aromatic heterocycles. The predicted octanol–water partition coefficient (Wildman–Crippen LogP) is 3.37. The second kappa shape index (κ2) is 11.3. The van der Waals surface area contributed by atoms with Crippen molar-refractivity contribution in [2.45, 2.75) is 30.3 Å². The number of hydrogen-bond donors (Lipinski definition) is 1. The van der Waals surface area contributed by atoms with Crippen LogP contribution in [0, 0.1) is 0 Å². The molecular weight excluding hydrogens is 558 g/mol. The van der Waals surface area contributed by atoms with E-state index in [1.54, 1.807) is 12.1 Å². The molecule has 192 valence electrons. The number of halogens is 1. The van der Waals surface area contributed by atoms with E-state index < -0.39 is 27.9 Å². The van der Waals surface area contributed by atoms with Crippen molar-refractivity contribution in [1.82, 2.24) is 14.5 Å². The lowest BCUT2D eigenvalue weighted by Gasteiger charge is -2.31. The largest absolute Gasteiger partial charge is 0.357 e. The van der Waals surface area contributed by atoms with Crippen LogP contribution in [0.1, 0.15) is 27.9 Å². The quantitative estimate of drug-likeness (QED) is 0.416. The summed E-state index contributed by atoms with van der Waals surface area (Å²) in [6, 6.07) is 21.9. The molecule has 0 saturated carbocycles. The van der Waals surface area contributed by atoms with Crippen LogP contribution in [0.4, 0.5) is 0 Å². The molecule has 4 rings (SSSR count). The summed E-state index contributed by atoms with van der Waals surface area (Å²) in [6.07, 6.45) is 0.00187. The Hall–Kier alpha value is -3.50. The van der Waals surface area contributed by atoms with Gasteiger partial charge in [-0.15, -0.1) is 0 Å². The van der Waals surface area contributed by atoms with Gasteiger partial charge in [0.05, 0.1) is 5.56 Å². The van der Waals surface area contributed by atoms with Gasteiger partial charge in [-0.1, -0.05) is 70.5 Å². The number of carbonyl (C=O) groups excluding carboxylic acids is 3. The van der Waals surface area contributed by atoms with E-state index in [0.717, 1.165) is 19.9 Å². The van der Waals surface area contributed by atoms with E-state index in [-0.39, 0.29) is 42.3 Å². The fourth-order valence-corrected chi connectivity index (χ4v) is 6.36. The lowest BCUT2D eigenvalue weighted by atomic mass is 10.0. The van der Waals surface area contributed by atoms with Crippen molar-refractivity contribution >= 4 is 43.7 Å². The number of hydrogen-bond acceptors (Lipinski definition) is 5. The number of rotatable bonds is 9. The number of sulfonamides is 1. The van der Waals surface area contributed by atoms with Crippen LogP contribution in [0.2, 0.25) is 0 Å². The van der Waals surface area contributed by atoms with Gasteiger partial charge in [0.2, 0.25) is 11.8 Å². The molecule has 3 amide bonds. The first-order valence-corrected chi connectivity index (χ1v) is 13.9. The van der Waals surface area contributed by atoms with E-state index in [1.807, 2.05) is 54.6 Å². The monoisotopic (exact) mass is 583 g/mol. The minimum absolute atomic E-state index is 0.0641. The van der Waals surface area contributed by atoms with Crippen LogP contribution < -0.4 is 5.32 Å². The van der Waals surface area contributed by atoms with E-state index in [1.165, 1.54) is 24.1 Å². The number of fused-ring (bicyclic) bond motifs is 1. The second-order valence-corrected chi connectivity index (χ2v) is 11.3. The Labute approximate surface area is 224 Å². The number of nitrogens with zero attached hydrogens (tertiary/aromatic N) is 2. The van der Waals surface area contributed by atoms with E-state index in [9.17, 15) is 22.8 Å². The first-order valence-electron chi connectivity index (χ1n) is 11.7. The standard InChI is InChI=1S/C27H26BrN3O5S/c1-29-26(33)23(17-19-8-3-2-4-9-19)30(18-20-10-7-11-21(28)16-20)25(32)14-15-31-27(34)22-12-5-6-13-24(22)37(31,35)36/h2-13,16,23H,14-15,17-18H2,1H3,(H,29,33). The SMILES string of the molecule is CNC(=O)C(Cc1ccccc1)N(Cc1cccc(Br)c1)C(=O)CCN1C(=O)c2ccccc2S1(=O)=O. The summed E-state index contributed by atoms with van der Waals surface area (Å²) in [5.41, 5.74) is 1.76. The molecule has 1 aliphatic rings. The molecule has 1 aliphatic heterocycles. The van der Waals surface area contributed by atoms with Crippen molar-refractivity contribution < 1.29 is 22.8 Å². The van der Waals surface area contributed by atoms with Gasteiger partial charge in [0, 0.05) is 37.5 Å². The van der Waals surface area contributed by atoms with Crippen molar-refractivity contribution in [3.8, 4) is 0 Å². The fraction of sp³-hybridized carbons (Fsp3) is 0.222. The van der Waals surface area contributed by atoms with Crippen LogP contribution in [0.3, 0.4) is 0 Å². The molecule has 0 fully saturated rings. The van der Waals surface area contributed by atoms with Crippen LogP contribution in [0.5, 0.6) is 0 Å². The molecular formula is C27H26BrN3O5S. The normalized spacial score (nSPS) is 14.6. The Morgan fingerprint density at radius 1 is 0.973 bits per heavy atom. The third-order valence-corrected chi connectivity index (χ3v) is 8.53. The summed E-state index contributed by atoms with van der Waals surface area (Å²) in [6.45, 7) is -0.195. The maximum Gasteiger partial charge on any atom is 0.269 e. The number of likely N-dealkylation sites (N-methyl/N-ethyl adjacent to an activating group) is 1. The minimum atomic E-state index is -4.04. The third-order valence-electron chi connectivity index (χ3n) is 6.20. The molecule has 0 spiro atoms. The Morgan fingerprint density at radius 2 is 1.65 bits per heavy atom. The Balaban J connectivity index is 1.61. The van der Waals surface area contributed by atoms with E-state index in [0.29, 0.717) is 0 Å². The van der Waals surface area contributed by atoms with Crippen molar-refractivity contribution in [2.24, 2.45) is 0 Å². The van der Waals surface area contributed by atoms with Gasteiger partial charge in [-0.3, -0.25) is 14.4 Å². The third kappa shape index (κ3) is 5.75. The minimum Gasteiger partial charge on any atom is -0.357 e. The summed E-state index contributed by atoms with van der Waals surface area (Å²) in [4.78, 5) is 40.8. The number of nitrogens with one attached hydrogen (secondary N) is 1. The van der Waals surface area contributed by atoms with Gasteiger partial charge in [-0.2, -0.15) is 0 Å². The van der Waals surface area contributed by atoms with Gasteiger partial charge < -0.3 is 10.2 Å². The number of benzene rings is 3. The molecule has 3 aromatic carbocycles. The molecule has 1 unspecified atom stereocenters. The molecule has 0 saturated heterocycles. The highest BCUT2D eigenvalue weighted by Gasteiger charge is 2.41. The molecule has 0 aliphatic carbocycles. The van der Waals surface area contributed by atoms with Gasteiger partial charge in [-0.25, -0.2) is 12.7 Å². The molecule has 37 heavy (non-hydrogen) atoms. The summed E-state index contributed by atoms with van der Waals surface area (Å²) >= 11 is 3.44.